The summed E-state index contributed by atoms with van der Waals surface area (Å²) in [6.07, 6.45) is -0.293. The highest BCUT2D eigenvalue weighted by molar-refractivity contribution is 7.16. The first-order valence-electron chi connectivity index (χ1n) is 6.66. The van der Waals surface area contributed by atoms with Gasteiger partial charge in [-0.2, -0.15) is 0 Å². The number of thiophene rings is 1. The molecule has 1 aliphatic rings. The first-order chi connectivity index (χ1) is 10.3. The molecule has 0 saturated heterocycles. The zero-order valence-corrected chi connectivity index (χ0v) is 12.2. The predicted octanol–water partition coefficient (Wildman–Crippen LogP) is 3.25. The van der Waals surface area contributed by atoms with Gasteiger partial charge in [-0.25, -0.2) is 9.97 Å². The number of hydrogen-bond acceptors (Lipinski definition) is 6. The molecule has 6 heteroatoms. The minimum Gasteiger partial charge on any atom is -0.485 e. The molecule has 106 valence electrons. The fourth-order valence-corrected chi connectivity index (χ4v) is 3.12. The van der Waals surface area contributed by atoms with E-state index >= 15 is 0 Å². The lowest BCUT2D eigenvalue weighted by molar-refractivity contribution is 0.0854. The Balaban J connectivity index is 1.74. The van der Waals surface area contributed by atoms with E-state index in [9.17, 15) is 0 Å². The van der Waals surface area contributed by atoms with Gasteiger partial charge in [0.15, 0.2) is 23.4 Å². The van der Waals surface area contributed by atoms with Gasteiger partial charge in [-0.05, 0) is 23.6 Å². The number of ether oxygens (including phenoxy) is 2. The van der Waals surface area contributed by atoms with Gasteiger partial charge in [-0.1, -0.05) is 12.1 Å². The van der Waals surface area contributed by atoms with E-state index in [1.807, 2.05) is 42.8 Å². The molecular weight excluding hydrogens is 286 g/mol. The first-order valence-corrected chi connectivity index (χ1v) is 7.54. The van der Waals surface area contributed by atoms with Crippen molar-refractivity contribution in [1.82, 2.24) is 9.97 Å². The van der Waals surface area contributed by atoms with E-state index in [1.165, 1.54) is 0 Å². The van der Waals surface area contributed by atoms with E-state index in [4.69, 9.17) is 9.47 Å². The molecule has 0 amide bonds. The van der Waals surface area contributed by atoms with Crippen LogP contribution in [0.4, 0.5) is 5.82 Å². The summed E-state index contributed by atoms with van der Waals surface area (Å²) in [6, 6.07) is 9.66. The molecule has 2 aromatic heterocycles. The highest BCUT2D eigenvalue weighted by Crippen LogP contribution is 2.36. The molecule has 0 aliphatic carbocycles. The van der Waals surface area contributed by atoms with Crippen LogP contribution in [0, 0.1) is 0 Å². The van der Waals surface area contributed by atoms with Gasteiger partial charge in [0, 0.05) is 7.05 Å². The number of para-hydroxylation sites is 2. The molecule has 0 fully saturated rings. The fourth-order valence-electron chi connectivity index (χ4n) is 2.35. The zero-order valence-electron chi connectivity index (χ0n) is 11.4. The molecule has 1 aliphatic heterocycles. The van der Waals surface area contributed by atoms with Gasteiger partial charge in [0.05, 0.1) is 5.39 Å². The highest BCUT2D eigenvalue weighted by atomic mass is 32.1. The van der Waals surface area contributed by atoms with Gasteiger partial charge in [0.2, 0.25) is 0 Å². The molecule has 1 atom stereocenters. The van der Waals surface area contributed by atoms with E-state index in [1.54, 1.807) is 11.3 Å². The fraction of sp³-hybridized carbons (Fsp3) is 0.200. The van der Waals surface area contributed by atoms with Crippen LogP contribution < -0.4 is 14.8 Å². The number of benzene rings is 1. The third-order valence-electron chi connectivity index (χ3n) is 3.38. The quantitative estimate of drug-likeness (QED) is 0.787. The largest absolute Gasteiger partial charge is 0.485 e. The van der Waals surface area contributed by atoms with Crippen LogP contribution in [0.25, 0.3) is 10.2 Å². The predicted molar refractivity (Wildman–Crippen MR) is 82.3 cm³/mol. The summed E-state index contributed by atoms with van der Waals surface area (Å²) in [5, 5.41) is 6.16. The van der Waals surface area contributed by atoms with Crippen LogP contribution in [0.1, 0.15) is 11.9 Å². The summed E-state index contributed by atoms with van der Waals surface area (Å²) in [4.78, 5) is 10.1. The molecule has 1 N–H and O–H groups in total. The second-order valence-electron chi connectivity index (χ2n) is 4.68. The summed E-state index contributed by atoms with van der Waals surface area (Å²) in [5.74, 6) is 2.96. The number of fused-ring (bicyclic) bond motifs is 2. The van der Waals surface area contributed by atoms with Crippen LogP contribution in [-0.2, 0) is 0 Å². The van der Waals surface area contributed by atoms with Gasteiger partial charge in [0.25, 0.3) is 0 Å². The van der Waals surface area contributed by atoms with Crippen molar-refractivity contribution in [1.29, 1.82) is 0 Å². The number of rotatable bonds is 2. The van der Waals surface area contributed by atoms with Crippen LogP contribution in [0.5, 0.6) is 11.5 Å². The SMILES string of the molecule is CNc1nc(C2COc3ccccc3O2)nc2sccc12. The van der Waals surface area contributed by atoms with Crippen LogP contribution in [0.15, 0.2) is 35.7 Å². The molecule has 4 rings (SSSR count). The Kier molecular flexibility index (Phi) is 2.89. The van der Waals surface area contributed by atoms with E-state index in [2.05, 4.69) is 15.3 Å². The van der Waals surface area contributed by atoms with Gasteiger partial charge in [-0.15, -0.1) is 11.3 Å². The van der Waals surface area contributed by atoms with Crippen molar-refractivity contribution in [2.75, 3.05) is 19.0 Å². The Bertz CT molecular complexity index is 802. The lowest BCUT2D eigenvalue weighted by atomic mass is 10.2. The summed E-state index contributed by atoms with van der Waals surface area (Å²) in [6.45, 7) is 0.414. The lowest BCUT2D eigenvalue weighted by Gasteiger charge is -2.25. The molecule has 0 radical (unpaired) electrons. The molecule has 21 heavy (non-hydrogen) atoms. The minimum absolute atomic E-state index is 0.293. The maximum atomic E-state index is 5.97. The third-order valence-corrected chi connectivity index (χ3v) is 4.18. The van der Waals surface area contributed by atoms with Gasteiger partial charge in [0.1, 0.15) is 17.3 Å². The smallest absolute Gasteiger partial charge is 0.192 e. The van der Waals surface area contributed by atoms with E-state index in [-0.39, 0.29) is 6.10 Å². The number of aromatic nitrogens is 2. The minimum atomic E-state index is -0.293. The molecule has 3 aromatic rings. The van der Waals surface area contributed by atoms with Crippen LogP contribution in [-0.4, -0.2) is 23.6 Å². The third kappa shape index (κ3) is 2.08. The molecule has 3 heterocycles. The Morgan fingerprint density at radius 3 is 2.90 bits per heavy atom. The molecular formula is C15H13N3O2S. The molecule has 1 unspecified atom stereocenters. The molecule has 1 aromatic carbocycles. The lowest BCUT2D eigenvalue weighted by Crippen LogP contribution is -2.23. The topological polar surface area (TPSA) is 56.3 Å². The summed E-state index contributed by atoms with van der Waals surface area (Å²) in [5.41, 5.74) is 0. The van der Waals surface area contributed by atoms with Gasteiger partial charge in [-0.3, -0.25) is 0 Å². The first kappa shape index (κ1) is 12.4. The molecule has 0 saturated carbocycles. The summed E-state index contributed by atoms with van der Waals surface area (Å²) >= 11 is 1.59. The standard InChI is InChI=1S/C15H13N3O2S/c1-16-13-9-6-7-21-15(9)18-14(17-13)12-8-19-10-4-2-3-5-11(10)20-12/h2-7,12H,8H2,1H3,(H,16,17,18). The van der Waals surface area contributed by atoms with E-state index in [0.717, 1.165) is 27.5 Å². The highest BCUT2D eigenvalue weighted by Gasteiger charge is 2.25. The van der Waals surface area contributed by atoms with Crippen molar-refractivity contribution in [3.05, 3.63) is 41.5 Å². The van der Waals surface area contributed by atoms with Crippen LogP contribution in [0.3, 0.4) is 0 Å². The Morgan fingerprint density at radius 2 is 2.05 bits per heavy atom. The second-order valence-corrected chi connectivity index (χ2v) is 5.58. The molecule has 5 nitrogen and oxygen atoms in total. The van der Waals surface area contributed by atoms with Crippen molar-refractivity contribution >= 4 is 27.4 Å². The van der Waals surface area contributed by atoms with Crippen molar-refractivity contribution in [2.45, 2.75) is 6.10 Å². The average molecular weight is 299 g/mol. The van der Waals surface area contributed by atoms with Gasteiger partial charge < -0.3 is 14.8 Å². The Labute approximate surface area is 125 Å². The van der Waals surface area contributed by atoms with Crippen molar-refractivity contribution in [2.24, 2.45) is 0 Å². The number of anilines is 1. The van der Waals surface area contributed by atoms with Crippen LogP contribution in [0.2, 0.25) is 0 Å². The number of nitrogens with zero attached hydrogens (tertiary/aromatic N) is 2. The normalized spacial score (nSPS) is 16.9. The molecule has 0 spiro atoms. The number of nitrogens with one attached hydrogen (secondary N) is 1. The van der Waals surface area contributed by atoms with Crippen LogP contribution >= 0.6 is 11.3 Å². The molecule has 0 bridgehead atoms. The summed E-state index contributed by atoms with van der Waals surface area (Å²) in [7, 11) is 1.86. The second kappa shape index (κ2) is 4.89. The average Bonchev–Trinajstić information content (AvgIpc) is 3.02. The van der Waals surface area contributed by atoms with Gasteiger partial charge >= 0.3 is 0 Å². The Morgan fingerprint density at radius 1 is 1.19 bits per heavy atom. The van der Waals surface area contributed by atoms with E-state index < -0.39 is 0 Å². The van der Waals surface area contributed by atoms with Crippen molar-refractivity contribution < 1.29 is 9.47 Å². The maximum absolute atomic E-state index is 5.97. The van der Waals surface area contributed by atoms with Crippen molar-refractivity contribution in [3.8, 4) is 11.5 Å². The monoisotopic (exact) mass is 299 g/mol. The zero-order chi connectivity index (χ0) is 14.2. The van der Waals surface area contributed by atoms with Crippen molar-refractivity contribution in [3.63, 3.8) is 0 Å². The maximum Gasteiger partial charge on any atom is 0.192 e. The van der Waals surface area contributed by atoms with E-state index in [0.29, 0.717) is 12.4 Å². The number of hydrogen-bond donors (Lipinski definition) is 1. The summed E-state index contributed by atoms with van der Waals surface area (Å²) < 4.78 is 11.7. The Hall–Kier alpha value is -2.34.